The standard InChI is InChI=1S/C12H20N2O/c1-2-3-4-7-12(15)14-10-11-6-5-8-13-9-11/h2-4,7,11,13H,5-6,8-10H2,1H3,(H,14,15)/b3-2+,7-4+/t11-/m1/s1. The van der Waals surface area contributed by atoms with E-state index in [0.717, 1.165) is 19.6 Å². The summed E-state index contributed by atoms with van der Waals surface area (Å²) in [4.78, 5) is 11.3. The summed E-state index contributed by atoms with van der Waals surface area (Å²) in [6.07, 6.45) is 9.50. The highest BCUT2D eigenvalue weighted by Gasteiger charge is 2.12. The molecule has 1 heterocycles. The van der Waals surface area contributed by atoms with Crippen LogP contribution in [0.25, 0.3) is 0 Å². The molecule has 0 radical (unpaired) electrons. The smallest absolute Gasteiger partial charge is 0.243 e. The maximum absolute atomic E-state index is 11.3. The van der Waals surface area contributed by atoms with Crippen LogP contribution in [0.3, 0.4) is 0 Å². The SMILES string of the molecule is C/C=C/C=C/C(=O)NC[C@@H]1CCCNC1. The monoisotopic (exact) mass is 208 g/mol. The van der Waals surface area contributed by atoms with E-state index in [9.17, 15) is 4.79 Å². The van der Waals surface area contributed by atoms with E-state index >= 15 is 0 Å². The van der Waals surface area contributed by atoms with Crippen molar-refractivity contribution in [2.45, 2.75) is 19.8 Å². The Balaban J connectivity index is 2.15. The molecule has 0 aromatic rings. The number of piperidine rings is 1. The van der Waals surface area contributed by atoms with E-state index in [4.69, 9.17) is 0 Å². The van der Waals surface area contributed by atoms with Gasteiger partial charge in [-0.15, -0.1) is 0 Å². The molecule has 1 rings (SSSR count). The molecule has 1 saturated heterocycles. The van der Waals surface area contributed by atoms with Crippen molar-refractivity contribution in [3.05, 3.63) is 24.3 Å². The van der Waals surface area contributed by atoms with Crippen molar-refractivity contribution < 1.29 is 4.79 Å². The first-order valence-corrected chi connectivity index (χ1v) is 5.61. The topological polar surface area (TPSA) is 41.1 Å². The van der Waals surface area contributed by atoms with Crippen molar-refractivity contribution in [3.8, 4) is 0 Å². The molecular weight excluding hydrogens is 188 g/mol. The summed E-state index contributed by atoms with van der Waals surface area (Å²) in [5, 5.41) is 6.24. The molecule has 0 aromatic carbocycles. The predicted octanol–water partition coefficient (Wildman–Crippen LogP) is 1.23. The maximum Gasteiger partial charge on any atom is 0.243 e. The van der Waals surface area contributed by atoms with E-state index in [1.165, 1.54) is 12.8 Å². The molecule has 0 unspecified atom stereocenters. The zero-order valence-electron chi connectivity index (χ0n) is 9.33. The van der Waals surface area contributed by atoms with Gasteiger partial charge in [-0.3, -0.25) is 4.79 Å². The van der Waals surface area contributed by atoms with Gasteiger partial charge in [-0.05, 0) is 38.8 Å². The number of carbonyl (C=O) groups is 1. The molecule has 0 spiro atoms. The molecule has 15 heavy (non-hydrogen) atoms. The van der Waals surface area contributed by atoms with Gasteiger partial charge in [0.15, 0.2) is 0 Å². The van der Waals surface area contributed by atoms with Gasteiger partial charge in [0.2, 0.25) is 5.91 Å². The van der Waals surface area contributed by atoms with Crippen LogP contribution in [-0.2, 0) is 4.79 Å². The van der Waals surface area contributed by atoms with E-state index in [1.807, 2.05) is 19.1 Å². The minimum atomic E-state index is -0.00123. The third-order valence-electron chi connectivity index (χ3n) is 2.52. The van der Waals surface area contributed by atoms with Gasteiger partial charge in [-0.25, -0.2) is 0 Å². The zero-order valence-corrected chi connectivity index (χ0v) is 9.33. The molecule has 1 aliphatic heterocycles. The van der Waals surface area contributed by atoms with Gasteiger partial charge in [-0.1, -0.05) is 18.2 Å². The van der Waals surface area contributed by atoms with Crippen molar-refractivity contribution >= 4 is 5.91 Å². The van der Waals surface area contributed by atoms with Gasteiger partial charge in [0, 0.05) is 12.6 Å². The number of allylic oxidation sites excluding steroid dienone is 3. The summed E-state index contributed by atoms with van der Waals surface area (Å²) in [6, 6.07) is 0. The summed E-state index contributed by atoms with van der Waals surface area (Å²) < 4.78 is 0. The summed E-state index contributed by atoms with van der Waals surface area (Å²) in [5.74, 6) is 0.594. The van der Waals surface area contributed by atoms with Crippen LogP contribution in [0.1, 0.15) is 19.8 Å². The average molecular weight is 208 g/mol. The number of hydrogen-bond donors (Lipinski definition) is 2. The fourth-order valence-electron chi connectivity index (χ4n) is 1.66. The first-order chi connectivity index (χ1) is 7.33. The molecule has 3 heteroatoms. The van der Waals surface area contributed by atoms with Gasteiger partial charge < -0.3 is 10.6 Å². The second-order valence-corrected chi connectivity index (χ2v) is 3.84. The Bertz CT molecular complexity index is 240. The second kappa shape index (κ2) is 7.23. The lowest BCUT2D eigenvalue weighted by Gasteiger charge is -2.22. The van der Waals surface area contributed by atoms with Crippen molar-refractivity contribution in [1.82, 2.24) is 10.6 Å². The summed E-state index contributed by atoms with van der Waals surface area (Å²) in [7, 11) is 0. The number of nitrogens with one attached hydrogen (secondary N) is 2. The largest absolute Gasteiger partial charge is 0.352 e. The van der Waals surface area contributed by atoms with Crippen molar-refractivity contribution in [1.29, 1.82) is 0 Å². The van der Waals surface area contributed by atoms with Crippen LogP contribution in [-0.4, -0.2) is 25.5 Å². The highest BCUT2D eigenvalue weighted by molar-refractivity contribution is 5.87. The lowest BCUT2D eigenvalue weighted by Crippen LogP contribution is -2.37. The van der Waals surface area contributed by atoms with E-state index in [-0.39, 0.29) is 5.91 Å². The Morgan fingerprint density at radius 2 is 2.40 bits per heavy atom. The molecule has 84 valence electrons. The lowest BCUT2D eigenvalue weighted by molar-refractivity contribution is -0.116. The lowest BCUT2D eigenvalue weighted by atomic mass is 10.00. The first kappa shape index (κ1) is 12.0. The Hall–Kier alpha value is -1.09. The van der Waals surface area contributed by atoms with Gasteiger partial charge >= 0.3 is 0 Å². The highest BCUT2D eigenvalue weighted by Crippen LogP contribution is 2.07. The van der Waals surface area contributed by atoms with Crippen LogP contribution in [0, 0.1) is 5.92 Å². The predicted molar refractivity (Wildman–Crippen MR) is 62.6 cm³/mol. The molecule has 0 bridgehead atoms. The molecule has 0 saturated carbocycles. The number of hydrogen-bond acceptors (Lipinski definition) is 2. The fourth-order valence-corrected chi connectivity index (χ4v) is 1.66. The third kappa shape index (κ3) is 5.37. The van der Waals surface area contributed by atoms with Gasteiger partial charge in [-0.2, -0.15) is 0 Å². The average Bonchev–Trinajstić information content (AvgIpc) is 2.28. The van der Waals surface area contributed by atoms with Crippen LogP contribution in [0.5, 0.6) is 0 Å². The number of carbonyl (C=O) groups excluding carboxylic acids is 1. The molecule has 1 fully saturated rings. The van der Waals surface area contributed by atoms with Crippen LogP contribution in [0.15, 0.2) is 24.3 Å². The molecule has 1 atom stereocenters. The summed E-state index contributed by atoms with van der Waals surface area (Å²) in [5.41, 5.74) is 0. The van der Waals surface area contributed by atoms with Gasteiger partial charge in [0.25, 0.3) is 0 Å². The minimum absolute atomic E-state index is 0.00123. The normalized spacial score (nSPS) is 22.3. The van der Waals surface area contributed by atoms with Crippen LogP contribution in [0.2, 0.25) is 0 Å². The van der Waals surface area contributed by atoms with Crippen LogP contribution < -0.4 is 10.6 Å². The number of amides is 1. The van der Waals surface area contributed by atoms with Crippen molar-refractivity contribution in [2.24, 2.45) is 5.92 Å². The van der Waals surface area contributed by atoms with E-state index in [0.29, 0.717) is 5.92 Å². The summed E-state index contributed by atoms with van der Waals surface area (Å²) >= 11 is 0. The fraction of sp³-hybridized carbons (Fsp3) is 0.583. The molecule has 1 amide bonds. The molecule has 0 aliphatic carbocycles. The Morgan fingerprint density at radius 1 is 1.53 bits per heavy atom. The quantitative estimate of drug-likeness (QED) is 0.539. The highest BCUT2D eigenvalue weighted by atomic mass is 16.1. The molecular formula is C12H20N2O. The Labute approximate surface area is 91.6 Å². The van der Waals surface area contributed by atoms with Crippen LogP contribution in [0.4, 0.5) is 0 Å². The van der Waals surface area contributed by atoms with E-state index in [1.54, 1.807) is 12.2 Å². The Kier molecular flexibility index (Phi) is 5.78. The zero-order chi connectivity index (χ0) is 10.9. The third-order valence-corrected chi connectivity index (χ3v) is 2.52. The van der Waals surface area contributed by atoms with E-state index < -0.39 is 0 Å². The Morgan fingerprint density at radius 3 is 3.07 bits per heavy atom. The maximum atomic E-state index is 11.3. The molecule has 0 aromatic heterocycles. The molecule has 2 N–H and O–H groups in total. The van der Waals surface area contributed by atoms with Crippen LogP contribution >= 0.6 is 0 Å². The van der Waals surface area contributed by atoms with Gasteiger partial charge in [0.05, 0.1) is 0 Å². The van der Waals surface area contributed by atoms with Crippen molar-refractivity contribution in [3.63, 3.8) is 0 Å². The van der Waals surface area contributed by atoms with Crippen molar-refractivity contribution in [2.75, 3.05) is 19.6 Å². The molecule has 3 nitrogen and oxygen atoms in total. The summed E-state index contributed by atoms with van der Waals surface area (Å²) in [6.45, 7) is 4.85. The second-order valence-electron chi connectivity index (χ2n) is 3.84. The van der Waals surface area contributed by atoms with E-state index in [2.05, 4.69) is 10.6 Å². The first-order valence-electron chi connectivity index (χ1n) is 5.61. The minimum Gasteiger partial charge on any atom is -0.352 e. The van der Waals surface area contributed by atoms with Gasteiger partial charge in [0.1, 0.15) is 0 Å². The molecule has 1 aliphatic rings. The number of rotatable bonds is 4.